The number of carbonyl (C=O) groups is 2. The zero-order valence-electron chi connectivity index (χ0n) is 10.9. The summed E-state index contributed by atoms with van der Waals surface area (Å²) < 4.78 is 0. The molecule has 1 saturated heterocycles. The molecule has 7 heteroatoms. The van der Waals surface area contributed by atoms with Crippen LogP contribution in [0.25, 0.3) is 10.6 Å². The number of H-pyrrole nitrogens is 1. The average Bonchev–Trinajstić information content (AvgIpc) is 3.08. The summed E-state index contributed by atoms with van der Waals surface area (Å²) in [6, 6.07) is 3.96. The van der Waals surface area contributed by atoms with Crippen molar-refractivity contribution in [3.05, 3.63) is 23.1 Å². The smallest absolute Gasteiger partial charge is 0.229 e. The van der Waals surface area contributed by atoms with Gasteiger partial charge < -0.3 is 5.73 Å². The van der Waals surface area contributed by atoms with Crippen LogP contribution in [-0.4, -0.2) is 28.6 Å². The fourth-order valence-electron chi connectivity index (χ4n) is 2.41. The van der Waals surface area contributed by atoms with Crippen LogP contribution in [0.2, 0.25) is 0 Å². The molecule has 0 aliphatic carbocycles. The first-order valence-corrected chi connectivity index (χ1v) is 7.14. The minimum Gasteiger partial charge on any atom is -0.369 e. The number of hydrogen-bond acceptors (Lipinski definition) is 4. The molecule has 104 valence electrons. The molecule has 1 fully saturated rings. The molecule has 0 radical (unpaired) electrons. The van der Waals surface area contributed by atoms with Gasteiger partial charge in [-0.05, 0) is 18.4 Å². The van der Waals surface area contributed by atoms with Gasteiger partial charge in [0.25, 0.3) is 0 Å². The number of aromatic nitrogens is 2. The van der Waals surface area contributed by atoms with Gasteiger partial charge in [-0.25, -0.2) is 0 Å². The number of rotatable bonds is 3. The van der Waals surface area contributed by atoms with E-state index in [-0.39, 0.29) is 12.3 Å². The van der Waals surface area contributed by atoms with E-state index < -0.39 is 11.8 Å². The Labute approximate surface area is 119 Å². The molecule has 3 N–H and O–H groups in total. The van der Waals surface area contributed by atoms with E-state index in [0.717, 1.165) is 16.1 Å². The summed E-state index contributed by atoms with van der Waals surface area (Å²) in [6.45, 7) is 2.22. The van der Waals surface area contributed by atoms with Gasteiger partial charge in [0.1, 0.15) is 0 Å². The third-order valence-corrected chi connectivity index (χ3v) is 4.42. The van der Waals surface area contributed by atoms with E-state index in [2.05, 4.69) is 10.2 Å². The Morgan fingerprint density at radius 3 is 3.00 bits per heavy atom. The third-order valence-electron chi connectivity index (χ3n) is 3.53. The predicted octanol–water partition coefficient (Wildman–Crippen LogP) is 1.28. The molecule has 2 amide bonds. The molecule has 6 nitrogen and oxygen atoms in total. The molecule has 2 aromatic rings. The van der Waals surface area contributed by atoms with Gasteiger partial charge in [-0.3, -0.25) is 19.6 Å². The third kappa shape index (κ3) is 2.00. The number of primary amides is 1. The lowest BCUT2D eigenvalue weighted by Crippen LogP contribution is -2.29. The molecular weight excluding hydrogens is 276 g/mol. The maximum Gasteiger partial charge on any atom is 0.229 e. The van der Waals surface area contributed by atoms with E-state index in [4.69, 9.17) is 5.73 Å². The van der Waals surface area contributed by atoms with Crippen molar-refractivity contribution in [1.29, 1.82) is 0 Å². The van der Waals surface area contributed by atoms with Gasteiger partial charge in [0, 0.05) is 18.5 Å². The first-order valence-electron chi connectivity index (χ1n) is 6.26. The highest BCUT2D eigenvalue weighted by atomic mass is 32.1. The van der Waals surface area contributed by atoms with Gasteiger partial charge in [-0.2, -0.15) is 5.10 Å². The van der Waals surface area contributed by atoms with Crippen LogP contribution >= 0.6 is 11.3 Å². The number of nitrogens with one attached hydrogen (secondary N) is 1. The Morgan fingerprint density at radius 2 is 2.40 bits per heavy atom. The normalized spacial score (nSPS) is 18.8. The first kappa shape index (κ1) is 12.9. The number of nitrogens with zero attached hydrogens (tertiary/aromatic N) is 2. The van der Waals surface area contributed by atoms with E-state index in [1.54, 1.807) is 16.2 Å². The molecule has 1 aliphatic rings. The van der Waals surface area contributed by atoms with Crippen LogP contribution in [0.3, 0.4) is 0 Å². The quantitative estimate of drug-likeness (QED) is 0.892. The van der Waals surface area contributed by atoms with Crippen LogP contribution in [0, 0.1) is 12.8 Å². The molecule has 0 aromatic carbocycles. The van der Waals surface area contributed by atoms with Crippen molar-refractivity contribution in [2.24, 2.45) is 11.7 Å². The van der Waals surface area contributed by atoms with Crippen molar-refractivity contribution in [1.82, 2.24) is 10.2 Å². The van der Waals surface area contributed by atoms with Crippen molar-refractivity contribution in [2.45, 2.75) is 13.3 Å². The van der Waals surface area contributed by atoms with Gasteiger partial charge in [-0.15, -0.1) is 11.3 Å². The number of hydrogen-bond donors (Lipinski definition) is 2. The standard InChI is InChI=1S/C13H14N4O2S/c1-7-11(9-3-2-4-20-9)15-16-13(7)17-6-8(12(14)19)5-10(17)18/h2-4,8H,5-6H2,1H3,(H2,14,19)(H,15,16). The lowest BCUT2D eigenvalue weighted by atomic mass is 10.1. The summed E-state index contributed by atoms with van der Waals surface area (Å²) in [6.07, 6.45) is 0.163. The van der Waals surface area contributed by atoms with E-state index in [1.807, 2.05) is 24.4 Å². The highest BCUT2D eigenvalue weighted by Gasteiger charge is 2.36. The van der Waals surface area contributed by atoms with Crippen molar-refractivity contribution in [3.63, 3.8) is 0 Å². The van der Waals surface area contributed by atoms with E-state index >= 15 is 0 Å². The van der Waals surface area contributed by atoms with Crippen molar-refractivity contribution >= 4 is 29.0 Å². The lowest BCUT2D eigenvalue weighted by molar-refractivity contribution is -0.123. The maximum absolute atomic E-state index is 12.0. The molecule has 20 heavy (non-hydrogen) atoms. The SMILES string of the molecule is Cc1c(N2CC(C(N)=O)CC2=O)n[nH]c1-c1cccs1. The number of thiophene rings is 1. The summed E-state index contributed by atoms with van der Waals surface area (Å²) >= 11 is 1.60. The lowest BCUT2D eigenvalue weighted by Gasteiger charge is -2.13. The fourth-order valence-corrected chi connectivity index (χ4v) is 3.19. The van der Waals surface area contributed by atoms with Gasteiger partial charge in [0.2, 0.25) is 11.8 Å². The largest absolute Gasteiger partial charge is 0.369 e. The van der Waals surface area contributed by atoms with Crippen molar-refractivity contribution < 1.29 is 9.59 Å². The minimum absolute atomic E-state index is 0.110. The predicted molar refractivity (Wildman–Crippen MR) is 76.3 cm³/mol. The Balaban J connectivity index is 1.92. The van der Waals surface area contributed by atoms with Crippen LogP contribution in [0.5, 0.6) is 0 Å². The molecule has 1 atom stereocenters. The average molecular weight is 290 g/mol. The molecule has 3 rings (SSSR count). The molecule has 1 aliphatic heterocycles. The number of anilines is 1. The molecule has 0 saturated carbocycles. The zero-order valence-corrected chi connectivity index (χ0v) is 11.7. The van der Waals surface area contributed by atoms with Crippen molar-refractivity contribution in [2.75, 3.05) is 11.4 Å². The first-order chi connectivity index (χ1) is 9.58. The summed E-state index contributed by atoms with van der Waals surface area (Å²) in [7, 11) is 0. The van der Waals surface area contributed by atoms with Gasteiger partial charge in [0.15, 0.2) is 5.82 Å². The topological polar surface area (TPSA) is 92.1 Å². The number of aromatic amines is 1. The summed E-state index contributed by atoms with van der Waals surface area (Å²) in [5, 5.41) is 9.19. The Kier molecular flexibility index (Phi) is 3.06. The van der Waals surface area contributed by atoms with Crippen LogP contribution in [0.15, 0.2) is 17.5 Å². The number of amides is 2. The van der Waals surface area contributed by atoms with Crippen LogP contribution in [-0.2, 0) is 9.59 Å². The van der Waals surface area contributed by atoms with Crippen LogP contribution in [0.4, 0.5) is 5.82 Å². The van der Waals surface area contributed by atoms with Gasteiger partial charge in [0.05, 0.1) is 16.5 Å². The monoisotopic (exact) mass is 290 g/mol. The highest BCUT2D eigenvalue weighted by molar-refractivity contribution is 7.13. The van der Waals surface area contributed by atoms with Crippen LogP contribution < -0.4 is 10.6 Å². The van der Waals surface area contributed by atoms with Crippen LogP contribution in [0.1, 0.15) is 12.0 Å². The Hall–Kier alpha value is -2.15. The number of nitrogens with two attached hydrogens (primary N) is 1. The Morgan fingerprint density at radius 1 is 1.60 bits per heavy atom. The molecule has 0 spiro atoms. The summed E-state index contributed by atoms with van der Waals surface area (Å²) in [5.41, 5.74) is 7.09. The van der Waals surface area contributed by atoms with Crippen molar-refractivity contribution in [3.8, 4) is 10.6 Å². The maximum atomic E-state index is 12.0. The molecule has 0 bridgehead atoms. The molecule has 1 unspecified atom stereocenters. The van der Waals surface area contributed by atoms with E-state index in [1.165, 1.54) is 0 Å². The Bertz CT molecular complexity index is 662. The summed E-state index contributed by atoms with van der Waals surface area (Å²) in [5.74, 6) is -0.389. The second-order valence-electron chi connectivity index (χ2n) is 4.83. The number of carbonyl (C=O) groups excluding carboxylic acids is 2. The summed E-state index contributed by atoms with van der Waals surface area (Å²) in [4.78, 5) is 25.8. The molecular formula is C13H14N4O2S. The van der Waals surface area contributed by atoms with Gasteiger partial charge in [-0.1, -0.05) is 6.07 Å². The second-order valence-corrected chi connectivity index (χ2v) is 5.78. The molecule has 2 aromatic heterocycles. The van der Waals surface area contributed by atoms with E-state index in [0.29, 0.717) is 12.4 Å². The fraction of sp³-hybridized carbons (Fsp3) is 0.308. The highest BCUT2D eigenvalue weighted by Crippen LogP contribution is 2.33. The molecule has 3 heterocycles. The van der Waals surface area contributed by atoms with Gasteiger partial charge >= 0.3 is 0 Å². The zero-order chi connectivity index (χ0) is 14.3. The van der Waals surface area contributed by atoms with E-state index in [9.17, 15) is 9.59 Å². The minimum atomic E-state index is -0.437. The second kappa shape index (κ2) is 4.75.